The van der Waals surface area contributed by atoms with Gasteiger partial charge >= 0.3 is 5.97 Å². The van der Waals surface area contributed by atoms with E-state index in [0.29, 0.717) is 4.47 Å². The number of nitro groups is 1. The van der Waals surface area contributed by atoms with Crippen LogP contribution in [0.25, 0.3) is 0 Å². The number of nitro benzene ring substituents is 1. The molecule has 1 fully saturated rings. The van der Waals surface area contributed by atoms with Crippen molar-refractivity contribution < 1.29 is 24.4 Å². The van der Waals surface area contributed by atoms with Gasteiger partial charge in [0.2, 0.25) is 0 Å². The highest BCUT2D eigenvalue weighted by molar-refractivity contribution is 9.10. The number of benzene rings is 1. The van der Waals surface area contributed by atoms with Gasteiger partial charge in [0.15, 0.2) is 11.2 Å². The summed E-state index contributed by atoms with van der Waals surface area (Å²) in [4.78, 5) is 34.1. The predicted molar refractivity (Wildman–Crippen MR) is 75.0 cm³/mol. The largest absolute Gasteiger partial charge is 0.480 e. The molecule has 0 spiro atoms. The van der Waals surface area contributed by atoms with E-state index in [0.717, 1.165) is 0 Å². The third kappa shape index (κ3) is 2.96. The molecule has 21 heavy (non-hydrogen) atoms. The van der Waals surface area contributed by atoms with Crippen LogP contribution in [0.2, 0.25) is 0 Å². The maximum absolute atomic E-state index is 12.1. The summed E-state index contributed by atoms with van der Waals surface area (Å²) in [6.45, 7) is -0.0926. The number of nitrogens with zero attached hydrogens (tertiary/aromatic N) is 1. The summed E-state index contributed by atoms with van der Waals surface area (Å²) in [6.07, 6.45) is -0.263. The van der Waals surface area contributed by atoms with Gasteiger partial charge < -0.3 is 9.84 Å². The Hall–Kier alpha value is -1.80. The van der Waals surface area contributed by atoms with E-state index in [1.807, 2.05) is 0 Å². The average molecular weight is 358 g/mol. The van der Waals surface area contributed by atoms with Crippen LogP contribution in [0, 0.1) is 15.5 Å². The zero-order valence-electron chi connectivity index (χ0n) is 10.9. The van der Waals surface area contributed by atoms with E-state index in [1.165, 1.54) is 12.1 Å². The van der Waals surface area contributed by atoms with E-state index in [-0.39, 0.29) is 37.3 Å². The highest BCUT2D eigenvalue weighted by atomic mass is 79.9. The van der Waals surface area contributed by atoms with Gasteiger partial charge in [-0.25, -0.2) is 0 Å². The molecule has 8 heteroatoms. The second kappa shape index (κ2) is 5.90. The second-order valence-corrected chi connectivity index (χ2v) is 5.74. The first-order valence-corrected chi connectivity index (χ1v) is 6.93. The van der Waals surface area contributed by atoms with Gasteiger partial charge in [-0.05, 0) is 6.07 Å². The van der Waals surface area contributed by atoms with Gasteiger partial charge in [-0.3, -0.25) is 19.7 Å². The highest BCUT2D eigenvalue weighted by Crippen LogP contribution is 2.34. The smallest absolute Gasteiger partial charge is 0.319 e. The lowest BCUT2D eigenvalue weighted by Gasteiger charge is -2.31. The Morgan fingerprint density at radius 2 is 2.24 bits per heavy atom. The van der Waals surface area contributed by atoms with Crippen LogP contribution in [-0.4, -0.2) is 35.0 Å². The van der Waals surface area contributed by atoms with Crippen LogP contribution >= 0.6 is 15.9 Å². The molecule has 0 amide bonds. The molecule has 1 aromatic rings. The molecule has 1 saturated heterocycles. The minimum atomic E-state index is -1.75. The van der Waals surface area contributed by atoms with Gasteiger partial charge in [0.1, 0.15) is 0 Å². The van der Waals surface area contributed by atoms with Crippen LogP contribution in [0.4, 0.5) is 5.69 Å². The molecule has 1 N–H and O–H groups in total. The number of hydrogen-bond acceptors (Lipinski definition) is 5. The van der Waals surface area contributed by atoms with Crippen molar-refractivity contribution in [3.8, 4) is 0 Å². The number of ether oxygens (including phenoxy) is 1. The van der Waals surface area contributed by atoms with E-state index >= 15 is 0 Å². The van der Waals surface area contributed by atoms with Crippen molar-refractivity contribution in [1.82, 2.24) is 0 Å². The van der Waals surface area contributed by atoms with Crippen molar-refractivity contribution in [3.63, 3.8) is 0 Å². The topological polar surface area (TPSA) is 107 Å². The van der Waals surface area contributed by atoms with Gasteiger partial charge in [-0.1, -0.05) is 22.0 Å². The van der Waals surface area contributed by atoms with E-state index in [9.17, 15) is 24.8 Å². The van der Waals surface area contributed by atoms with Crippen molar-refractivity contribution >= 4 is 33.4 Å². The number of carbonyl (C=O) groups excluding carboxylic acids is 1. The lowest BCUT2D eigenvalue weighted by molar-refractivity contribution is -0.385. The number of carboxylic acid groups (broad SMARTS) is 1. The first-order valence-electron chi connectivity index (χ1n) is 6.14. The Morgan fingerprint density at radius 1 is 1.52 bits per heavy atom. The Labute approximate surface area is 128 Å². The number of ketones is 1. The molecule has 1 aliphatic heterocycles. The zero-order valence-corrected chi connectivity index (χ0v) is 12.5. The van der Waals surface area contributed by atoms with Crippen LogP contribution < -0.4 is 0 Å². The highest BCUT2D eigenvalue weighted by Gasteiger charge is 2.48. The molecule has 1 heterocycles. The van der Waals surface area contributed by atoms with Crippen molar-refractivity contribution in [2.75, 3.05) is 13.2 Å². The molecule has 0 aliphatic carbocycles. The van der Waals surface area contributed by atoms with E-state index in [4.69, 9.17) is 4.74 Å². The van der Waals surface area contributed by atoms with Gasteiger partial charge in [0.05, 0.1) is 18.1 Å². The molecule has 1 atom stereocenters. The van der Waals surface area contributed by atoms with Gasteiger partial charge in [-0.15, -0.1) is 0 Å². The van der Waals surface area contributed by atoms with Crippen LogP contribution in [0.15, 0.2) is 22.7 Å². The third-order valence-electron chi connectivity index (χ3n) is 3.50. The van der Waals surface area contributed by atoms with Gasteiger partial charge in [-0.2, -0.15) is 0 Å². The summed E-state index contributed by atoms with van der Waals surface area (Å²) in [7, 11) is 0. The quantitative estimate of drug-likeness (QED) is 0.501. The molecule has 7 nitrogen and oxygen atoms in total. The number of aliphatic carboxylic acids is 1. The molecular weight excluding hydrogens is 346 g/mol. The van der Waals surface area contributed by atoms with Crippen LogP contribution in [0.5, 0.6) is 0 Å². The first kappa shape index (κ1) is 15.6. The Morgan fingerprint density at radius 3 is 2.81 bits per heavy atom. The molecule has 1 aliphatic rings. The zero-order chi connectivity index (χ0) is 15.6. The molecule has 0 aromatic heterocycles. The van der Waals surface area contributed by atoms with E-state index in [1.54, 1.807) is 6.07 Å². The fourth-order valence-corrected chi connectivity index (χ4v) is 2.67. The average Bonchev–Trinajstić information content (AvgIpc) is 2.42. The van der Waals surface area contributed by atoms with Crippen LogP contribution in [0.3, 0.4) is 0 Å². The number of rotatable bonds is 4. The normalized spacial score (nSPS) is 22.0. The van der Waals surface area contributed by atoms with E-state index in [2.05, 4.69) is 15.9 Å². The number of Topliss-reactive ketones (excluding diaryl/α,β-unsaturated/α-hetero) is 1. The fourth-order valence-electron chi connectivity index (χ4n) is 2.32. The maximum atomic E-state index is 12.1. The van der Waals surface area contributed by atoms with Crippen molar-refractivity contribution in [3.05, 3.63) is 38.3 Å². The number of carboxylic acids is 1. The van der Waals surface area contributed by atoms with Crippen molar-refractivity contribution in [1.29, 1.82) is 0 Å². The molecule has 2 rings (SSSR count). The Bertz CT molecular complexity index is 617. The molecule has 0 radical (unpaired) electrons. The van der Waals surface area contributed by atoms with Gasteiger partial charge in [0.25, 0.3) is 5.69 Å². The third-order valence-corrected chi connectivity index (χ3v) is 3.99. The van der Waals surface area contributed by atoms with Crippen molar-refractivity contribution in [2.45, 2.75) is 12.8 Å². The SMILES string of the molecule is O=C(O)C1(Cc2ccc(Br)cc2[N+](=O)[O-])COCCC1=O. The van der Waals surface area contributed by atoms with E-state index < -0.39 is 22.1 Å². The predicted octanol–water partition coefficient (Wildman–Crippen LogP) is 1.96. The lowest BCUT2D eigenvalue weighted by atomic mass is 9.76. The summed E-state index contributed by atoms with van der Waals surface area (Å²) < 4.78 is 5.64. The standard InChI is InChI=1S/C13H12BrNO6/c14-9-2-1-8(10(5-9)15(19)20)6-13(12(17)18)7-21-4-3-11(13)16/h1-2,5H,3-4,6-7H2,(H,17,18). The lowest BCUT2D eigenvalue weighted by Crippen LogP contribution is -2.48. The summed E-state index contributed by atoms with van der Waals surface area (Å²) in [5.41, 5.74) is -1.77. The molecule has 0 saturated carbocycles. The number of halogens is 1. The van der Waals surface area contributed by atoms with Crippen LogP contribution in [0.1, 0.15) is 12.0 Å². The first-order chi connectivity index (χ1) is 9.86. The summed E-state index contributed by atoms with van der Waals surface area (Å²) in [6, 6.07) is 4.32. The monoisotopic (exact) mass is 357 g/mol. The van der Waals surface area contributed by atoms with Gasteiger partial charge in [0, 0.05) is 28.9 Å². The Balaban J connectivity index is 2.45. The molecule has 0 bridgehead atoms. The Kier molecular flexibility index (Phi) is 4.38. The summed E-state index contributed by atoms with van der Waals surface area (Å²) in [5.74, 6) is -1.78. The number of carbonyl (C=O) groups is 2. The minimum absolute atomic E-state index is 0.00335. The van der Waals surface area contributed by atoms with Crippen molar-refractivity contribution in [2.24, 2.45) is 5.41 Å². The molecule has 112 valence electrons. The molecule has 1 unspecified atom stereocenters. The van der Waals surface area contributed by atoms with Crippen LogP contribution in [-0.2, 0) is 20.7 Å². The molecule has 1 aromatic carbocycles. The summed E-state index contributed by atoms with van der Waals surface area (Å²) >= 11 is 3.13. The molecular formula is C13H12BrNO6. The fraction of sp³-hybridized carbons (Fsp3) is 0.385. The second-order valence-electron chi connectivity index (χ2n) is 4.82. The minimum Gasteiger partial charge on any atom is -0.480 e. The number of hydrogen-bond donors (Lipinski definition) is 1. The maximum Gasteiger partial charge on any atom is 0.319 e. The summed E-state index contributed by atoms with van der Waals surface area (Å²) in [5, 5.41) is 20.5.